The topological polar surface area (TPSA) is 0 Å². The maximum absolute atomic E-state index is 4.21. The molecular weight excluding hydrogens is 128 g/mol. The van der Waals surface area contributed by atoms with Crippen LogP contribution in [0.25, 0.3) is 0 Å². The summed E-state index contributed by atoms with van der Waals surface area (Å²) >= 11 is 4.21. The molecular formula is C8H18S. The highest BCUT2D eigenvalue weighted by Gasteiger charge is 2.14. The fourth-order valence-corrected chi connectivity index (χ4v) is 1.71. The van der Waals surface area contributed by atoms with Gasteiger partial charge in [-0.05, 0) is 24.0 Å². The van der Waals surface area contributed by atoms with Crippen LogP contribution in [-0.4, -0.2) is 5.75 Å². The van der Waals surface area contributed by atoms with Crippen LogP contribution in [0.15, 0.2) is 0 Å². The van der Waals surface area contributed by atoms with Gasteiger partial charge in [-0.15, -0.1) is 0 Å². The molecule has 0 saturated carbocycles. The summed E-state index contributed by atoms with van der Waals surface area (Å²) < 4.78 is 0. The molecule has 0 aliphatic rings. The minimum atomic E-state index is 0.524. The molecule has 0 saturated heterocycles. The van der Waals surface area contributed by atoms with Crippen LogP contribution in [0.2, 0.25) is 0 Å². The molecule has 0 aliphatic heterocycles. The molecule has 0 bridgehead atoms. The van der Waals surface area contributed by atoms with E-state index in [9.17, 15) is 0 Å². The summed E-state index contributed by atoms with van der Waals surface area (Å²) in [6.45, 7) is 6.86. The van der Waals surface area contributed by atoms with Gasteiger partial charge in [-0.2, -0.15) is 12.6 Å². The van der Waals surface area contributed by atoms with Crippen molar-refractivity contribution in [1.29, 1.82) is 0 Å². The summed E-state index contributed by atoms with van der Waals surface area (Å²) in [5, 5.41) is 0. The highest BCUT2D eigenvalue weighted by Crippen LogP contribution is 2.26. The standard InChI is InChI=1S/C8H18S/c1-4-5-8(2,3)6-7-9/h9H,4-7H2,1-3H3. The van der Waals surface area contributed by atoms with Gasteiger partial charge in [-0.1, -0.05) is 27.2 Å². The van der Waals surface area contributed by atoms with Gasteiger partial charge in [0.1, 0.15) is 0 Å². The molecule has 0 nitrogen and oxygen atoms in total. The van der Waals surface area contributed by atoms with E-state index in [1.54, 1.807) is 0 Å². The normalized spacial score (nSPS) is 12.0. The number of hydrogen-bond acceptors (Lipinski definition) is 1. The van der Waals surface area contributed by atoms with Crippen molar-refractivity contribution in [1.82, 2.24) is 0 Å². The van der Waals surface area contributed by atoms with Gasteiger partial charge in [-0.3, -0.25) is 0 Å². The Bertz CT molecular complexity index is 59.0. The molecule has 0 radical (unpaired) electrons. The largest absolute Gasteiger partial charge is 0.179 e. The molecule has 0 aromatic rings. The first-order valence-corrected chi connectivity index (χ1v) is 4.36. The Morgan fingerprint density at radius 3 is 2.11 bits per heavy atom. The lowest BCUT2D eigenvalue weighted by molar-refractivity contribution is 0.322. The molecule has 0 rings (SSSR count). The summed E-state index contributed by atoms with van der Waals surface area (Å²) in [6.07, 6.45) is 3.86. The van der Waals surface area contributed by atoms with Crippen LogP contribution in [0.1, 0.15) is 40.0 Å². The molecule has 0 aliphatic carbocycles. The van der Waals surface area contributed by atoms with Gasteiger partial charge in [0, 0.05) is 0 Å². The summed E-state index contributed by atoms with van der Waals surface area (Å²) in [7, 11) is 0. The van der Waals surface area contributed by atoms with Gasteiger partial charge in [0.25, 0.3) is 0 Å². The summed E-state index contributed by atoms with van der Waals surface area (Å²) in [5.74, 6) is 1.02. The number of rotatable bonds is 4. The van der Waals surface area contributed by atoms with Crippen LogP contribution >= 0.6 is 12.6 Å². The molecule has 0 heterocycles. The van der Waals surface area contributed by atoms with Gasteiger partial charge in [0.05, 0.1) is 0 Å². The maximum atomic E-state index is 4.21. The van der Waals surface area contributed by atoms with E-state index in [0.29, 0.717) is 5.41 Å². The first-order valence-electron chi connectivity index (χ1n) is 3.73. The molecule has 0 unspecified atom stereocenters. The predicted octanol–water partition coefficient (Wildman–Crippen LogP) is 3.13. The third-order valence-corrected chi connectivity index (χ3v) is 1.94. The van der Waals surface area contributed by atoms with Crippen molar-refractivity contribution in [3.63, 3.8) is 0 Å². The van der Waals surface area contributed by atoms with Crippen molar-refractivity contribution < 1.29 is 0 Å². The first kappa shape index (κ1) is 9.35. The van der Waals surface area contributed by atoms with E-state index in [4.69, 9.17) is 0 Å². The lowest BCUT2D eigenvalue weighted by atomic mass is 9.85. The summed E-state index contributed by atoms with van der Waals surface area (Å²) in [5.41, 5.74) is 0.524. The highest BCUT2D eigenvalue weighted by atomic mass is 32.1. The fourth-order valence-electron chi connectivity index (χ4n) is 1.10. The second-order valence-corrected chi connectivity index (χ2v) is 3.84. The quantitative estimate of drug-likeness (QED) is 0.579. The van der Waals surface area contributed by atoms with Crippen molar-refractivity contribution in [2.75, 3.05) is 5.75 Å². The smallest absolute Gasteiger partial charge is 0.00928 e. The fraction of sp³-hybridized carbons (Fsp3) is 1.00. The lowest BCUT2D eigenvalue weighted by Gasteiger charge is -2.22. The minimum Gasteiger partial charge on any atom is -0.179 e. The van der Waals surface area contributed by atoms with Crippen molar-refractivity contribution in [2.45, 2.75) is 40.0 Å². The molecule has 1 heteroatoms. The zero-order chi connectivity index (χ0) is 7.33. The zero-order valence-corrected chi connectivity index (χ0v) is 7.67. The molecule has 9 heavy (non-hydrogen) atoms. The van der Waals surface area contributed by atoms with Crippen molar-refractivity contribution in [3.05, 3.63) is 0 Å². The van der Waals surface area contributed by atoms with Crippen molar-refractivity contribution in [2.24, 2.45) is 5.41 Å². The molecule has 0 amide bonds. The lowest BCUT2D eigenvalue weighted by Crippen LogP contribution is -2.10. The molecule has 0 aromatic carbocycles. The van der Waals surface area contributed by atoms with Gasteiger partial charge >= 0.3 is 0 Å². The minimum absolute atomic E-state index is 0.524. The first-order chi connectivity index (χ1) is 4.12. The van der Waals surface area contributed by atoms with Crippen molar-refractivity contribution >= 4 is 12.6 Å². The monoisotopic (exact) mass is 146 g/mol. The van der Waals surface area contributed by atoms with Crippen LogP contribution in [0.4, 0.5) is 0 Å². The van der Waals surface area contributed by atoms with E-state index >= 15 is 0 Å². The van der Waals surface area contributed by atoms with Gasteiger partial charge in [-0.25, -0.2) is 0 Å². The highest BCUT2D eigenvalue weighted by molar-refractivity contribution is 7.80. The van der Waals surface area contributed by atoms with Gasteiger partial charge < -0.3 is 0 Å². The SMILES string of the molecule is CCCC(C)(C)CCS. The third kappa shape index (κ3) is 4.83. The Hall–Kier alpha value is 0.350. The summed E-state index contributed by atoms with van der Waals surface area (Å²) in [4.78, 5) is 0. The summed E-state index contributed by atoms with van der Waals surface area (Å²) in [6, 6.07) is 0. The molecule has 0 fully saturated rings. The number of hydrogen-bond donors (Lipinski definition) is 1. The average molecular weight is 146 g/mol. The van der Waals surface area contributed by atoms with Crippen LogP contribution < -0.4 is 0 Å². The second-order valence-electron chi connectivity index (χ2n) is 3.39. The van der Waals surface area contributed by atoms with Gasteiger partial charge in [0.15, 0.2) is 0 Å². The van der Waals surface area contributed by atoms with E-state index in [-0.39, 0.29) is 0 Å². The second kappa shape index (κ2) is 4.21. The van der Waals surface area contributed by atoms with Crippen LogP contribution in [0.3, 0.4) is 0 Å². The zero-order valence-electron chi connectivity index (χ0n) is 6.78. The molecule has 56 valence electrons. The molecule has 0 atom stereocenters. The average Bonchev–Trinajstić information content (AvgIpc) is 1.64. The third-order valence-electron chi connectivity index (χ3n) is 1.72. The van der Waals surface area contributed by atoms with Crippen LogP contribution in [0.5, 0.6) is 0 Å². The van der Waals surface area contributed by atoms with Crippen LogP contribution in [0, 0.1) is 5.41 Å². The Labute approximate surface area is 64.4 Å². The Balaban J connectivity index is 3.43. The van der Waals surface area contributed by atoms with E-state index < -0.39 is 0 Å². The Morgan fingerprint density at radius 1 is 1.22 bits per heavy atom. The Kier molecular flexibility index (Phi) is 4.37. The number of thiol groups is 1. The van der Waals surface area contributed by atoms with E-state index in [1.165, 1.54) is 19.3 Å². The predicted molar refractivity (Wildman–Crippen MR) is 47.2 cm³/mol. The van der Waals surface area contributed by atoms with E-state index in [2.05, 4.69) is 33.4 Å². The molecule has 0 N–H and O–H groups in total. The van der Waals surface area contributed by atoms with E-state index in [1.807, 2.05) is 0 Å². The molecule has 0 spiro atoms. The maximum Gasteiger partial charge on any atom is -0.00928 e. The van der Waals surface area contributed by atoms with E-state index in [0.717, 1.165) is 5.75 Å². The van der Waals surface area contributed by atoms with Crippen LogP contribution in [-0.2, 0) is 0 Å². The van der Waals surface area contributed by atoms with Crippen molar-refractivity contribution in [3.8, 4) is 0 Å². The molecule has 0 aromatic heterocycles. The Morgan fingerprint density at radius 2 is 1.78 bits per heavy atom. The van der Waals surface area contributed by atoms with Gasteiger partial charge in [0.2, 0.25) is 0 Å².